The summed E-state index contributed by atoms with van der Waals surface area (Å²) in [6.07, 6.45) is 2.01. The van der Waals surface area contributed by atoms with E-state index in [9.17, 15) is 14.4 Å². The van der Waals surface area contributed by atoms with E-state index in [-0.39, 0.29) is 37.0 Å². The predicted octanol–water partition coefficient (Wildman–Crippen LogP) is 1.46. The van der Waals surface area contributed by atoms with Crippen molar-refractivity contribution in [2.75, 3.05) is 19.6 Å². The van der Waals surface area contributed by atoms with Crippen LogP contribution in [0.5, 0.6) is 0 Å². The Labute approximate surface area is 158 Å². The van der Waals surface area contributed by atoms with E-state index in [2.05, 4.69) is 10.6 Å². The molecule has 0 radical (unpaired) electrons. The van der Waals surface area contributed by atoms with Gasteiger partial charge in [0.25, 0.3) is 5.91 Å². The molecule has 7 heteroatoms. The van der Waals surface area contributed by atoms with Crippen LogP contribution in [0.1, 0.15) is 36.9 Å². The van der Waals surface area contributed by atoms with Gasteiger partial charge in [-0.15, -0.1) is 0 Å². The highest BCUT2D eigenvalue weighted by Crippen LogP contribution is 2.36. The smallest absolute Gasteiger partial charge is 0.322 e. The number of amides is 4. The van der Waals surface area contributed by atoms with E-state index in [1.54, 1.807) is 4.90 Å². The molecule has 1 aliphatic carbocycles. The Morgan fingerprint density at radius 1 is 1.30 bits per heavy atom. The van der Waals surface area contributed by atoms with Gasteiger partial charge < -0.3 is 15.5 Å². The zero-order valence-corrected chi connectivity index (χ0v) is 15.6. The Hall–Kier alpha value is -2.83. The Kier molecular flexibility index (Phi) is 4.37. The highest BCUT2D eigenvalue weighted by atomic mass is 16.2. The van der Waals surface area contributed by atoms with Crippen LogP contribution in [-0.2, 0) is 9.59 Å². The molecular formula is C20H24N4O3. The first-order valence-electron chi connectivity index (χ1n) is 9.44. The lowest BCUT2D eigenvalue weighted by Crippen LogP contribution is -2.47. The van der Waals surface area contributed by atoms with Crippen LogP contribution >= 0.6 is 0 Å². The van der Waals surface area contributed by atoms with Crippen LogP contribution in [0.4, 0.5) is 4.79 Å². The molecule has 27 heavy (non-hydrogen) atoms. The number of nitrogens with zero attached hydrogens (tertiary/aromatic N) is 2. The number of benzene rings is 1. The number of urea groups is 1. The highest BCUT2D eigenvalue weighted by molar-refractivity contribution is 6.03. The largest absolute Gasteiger partial charge is 0.352 e. The summed E-state index contributed by atoms with van der Waals surface area (Å²) in [5, 5.41) is 5.88. The van der Waals surface area contributed by atoms with E-state index in [0.29, 0.717) is 17.8 Å². The minimum atomic E-state index is -0.487. The van der Waals surface area contributed by atoms with Crippen molar-refractivity contribution < 1.29 is 14.4 Å². The maximum absolute atomic E-state index is 13.1. The maximum atomic E-state index is 13.1. The molecule has 0 bridgehead atoms. The average Bonchev–Trinajstić information content (AvgIpc) is 3.38. The number of hydrogen-bond donors (Lipinski definition) is 2. The summed E-state index contributed by atoms with van der Waals surface area (Å²) in [5.41, 5.74) is 3.22. The maximum Gasteiger partial charge on any atom is 0.322 e. The summed E-state index contributed by atoms with van der Waals surface area (Å²) in [4.78, 5) is 41.0. The summed E-state index contributed by atoms with van der Waals surface area (Å²) >= 11 is 0. The third-order valence-corrected chi connectivity index (χ3v) is 5.27. The normalized spacial score (nSPS) is 22.1. The molecule has 1 fully saturated rings. The lowest BCUT2D eigenvalue weighted by Gasteiger charge is -2.33. The summed E-state index contributed by atoms with van der Waals surface area (Å²) in [6.45, 7) is 4.64. The molecule has 4 rings (SSSR count). The molecule has 1 aromatic carbocycles. The molecule has 2 heterocycles. The summed E-state index contributed by atoms with van der Waals surface area (Å²) in [7, 11) is 0. The zero-order chi connectivity index (χ0) is 19.1. The number of aryl methyl sites for hydroxylation is 1. The van der Waals surface area contributed by atoms with Gasteiger partial charge in [0.05, 0.1) is 23.9 Å². The molecular weight excluding hydrogens is 344 g/mol. The van der Waals surface area contributed by atoms with Crippen LogP contribution in [0.15, 0.2) is 35.5 Å². The number of rotatable bonds is 5. The summed E-state index contributed by atoms with van der Waals surface area (Å²) < 4.78 is 0. The van der Waals surface area contributed by atoms with E-state index < -0.39 is 6.04 Å². The van der Waals surface area contributed by atoms with Crippen LogP contribution in [0.3, 0.4) is 0 Å². The van der Waals surface area contributed by atoms with Gasteiger partial charge in [-0.05, 0) is 32.3 Å². The van der Waals surface area contributed by atoms with Gasteiger partial charge in [-0.2, -0.15) is 0 Å². The van der Waals surface area contributed by atoms with E-state index in [1.165, 1.54) is 4.90 Å². The number of carbonyl (C=O) groups is 3. The third kappa shape index (κ3) is 3.29. The van der Waals surface area contributed by atoms with Crippen molar-refractivity contribution in [3.05, 3.63) is 46.7 Å². The molecule has 4 amide bonds. The van der Waals surface area contributed by atoms with Crippen molar-refractivity contribution in [1.82, 2.24) is 20.4 Å². The highest BCUT2D eigenvalue weighted by Gasteiger charge is 2.44. The second kappa shape index (κ2) is 6.72. The predicted molar refractivity (Wildman–Crippen MR) is 99.6 cm³/mol. The summed E-state index contributed by atoms with van der Waals surface area (Å²) in [6, 6.07) is 7.36. The van der Waals surface area contributed by atoms with Gasteiger partial charge in [0.2, 0.25) is 5.91 Å². The fourth-order valence-electron chi connectivity index (χ4n) is 3.78. The topological polar surface area (TPSA) is 81.8 Å². The number of hydrogen-bond acceptors (Lipinski definition) is 3. The number of likely N-dealkylation sites (N-methyl/N-ethyl adjacent to an activating group) is 1. The van der Waals surface area contributed by atoms with Crippen molar-refractivity contribution in [2.45, 2.75) is 38.8 Å². The minimum Gasteiger partial charge on any atom is -0.352 e. The van der Waals surface area contributed by atoms with Crippen LogP contribution < -0.4 is 10.6 Å². The number of nitrogens with one attached hydrogen (secondary N) is 2. The van der Waals surface area contributed by atoms with Gasteiger partial charge in [0.1, 0.15) is 6.54 Å². The van der Waals surface area contributed by atoms with Crippen molar-refractivity contribution in [3.63, 3.8) is 0 Å². The van der Waals surface area contributed by atoms with Gasteiger partial charge in [0.15, 0.2) is 0 Å². The Morgan fingerprint density at radius 3 is 2.74 bits per heavy atom. The van der Waals surface area contributed by atoms with E-state index in [1.807, 2.05) is 38.1 Å². The van der Waals surface area contributed by atoms with Gasteiger partial charge in [-0.1, -0.05) is 29.8 Å². The second-order valence-electron chi connectivity index (χ2n) is 7.40. The average molecular weight is 368 g/mol. The standard InChI is InChI=1S/C20H24N4O3/c1-3-24-15-10-23(11-16(25)21-14-7-8-14)19(26)17(15)18(22-20(24)27)13-6-4-5-12(2)9-13/h4-6,9,14,18H,3,7-8,10-11H2,1-2H3,(H,21,25)(H,22,27)/t18-/m0/s1. The second-order valence-corrected chi connectivity index (χ2v) is 7.40. The molecule has 2 aliphatic heterocycles. The van der Waals surface area contributed by atoms with E-state index >= 15 is 0 Å². The first kappa shape index (κ1) is 17.6. The molecule has 1 saturated carbocycles. The van der Waals surface area contributed by atoms with E-state index in [4.69, 9.17) is 0 Å². The minimum absolute atomic E-state index is 0.0224. The fraction of sp³-hybridized carbons (Fsp3) is 0.450. The molecule has 0 aromatic heterocycles. The van der Waals surface area contributed by atoms with Crippen molar-refractivity contribution in [3.8, 4) is 0 Å². The van der Waals surface area contributed by atoms with E-state index in [0.717, 1.165) is 24.0 Å². The lowest BCUT2D eigenvalue weighted by atomic mass is 9.94. The third-order valence-electron chi connectivity index (χ3n) is 5.27. The first-order valence-corrected chi connectivity index (χ1v) is 9.44. The van der Waals surface area contributed by atoms with Gasteiger partial charge in [-0.25, -0.2) is 4.79 Å². The SMILES string of the molecule is CCN1C(=O)N[C@@H](c2cccc(C)c2)C2=C1CN(CC(=O)NC1CC1)C2=O. The molecule has 1 aromatic rings. The van der Waals surface area contributed by atoms with Crippen molar-refractivity contribution in [2.24, 2.45) is 0 Å². The lowest BCUT2D eigenvalue weighted by molar-refractivity contribution is -0.132. The first-order chi connectivity index (χ1) is 13.0. The monoisotopic (exact) mass is 368 g/mol. The van der Waals surface area contributed by atoms with Gasteiger partial charge in [0, 0.05) is 12.6 Å². The Balaban J connectivity index is 1.63. The molecule has 0 unspecified atom stereocenters. The fourth-order valence-corrected chi connectivity index (χ4v) is 3.78. The molecule has 142 valence electrons. The molecule has 0 spiro atoms. The van der Waals surface area contributed by atoms with Gasteiger partial charge >= 0.3 is 6.03 Å². The number of carbonyl (C=O) groups excluding carboxylic acids is 3. The molecule has 3 aliphatic rings. The zero-order valence-electron chi connectivity index (χ0n) is 15.6. The van der Waals surface area contributed by atoms with Crippen LogP contribution in [-0.4, -0.2) is 53.3 Å². The Morgan fingerprint density at radius 2 is 2.07 bits per heavy atom. The van der Waals surface area contributed by atoms with Crippen LogP contribution in [0.25, 0.3) is 0 Å². The summed E-state index contributed by atoms with van der Waals surface area (Å²) in [5.74, 6) is -0.318. The quantitative estimate of drug-likeness (QED) is 0.825. The molecule has 1 atom stereocenters. The van der Waals surface area contributed by atoms with Crippen LogP contribution in [0, 0.1) is 6.92 Å². The van der Waals surface area contributed by atoms with Crippen molar-refractivity contribution >= 4 is 17.8 Å². The molecule has 7 nitrogen and oxygen atoms in total. The Bertz CT molecular complexity index is 843. The van der Waals surface area contributed by atoms with Crippen LogP contribution in [0.2, 0.25) is 0 Å². The van der Waals surface area contributed by atoms with Gasteiger partial charge in [-0.3, -0.25) is 14.5 Å². The molecule has 2 N–H and O–H groups in total. The molecule has 0 saturated heterocycles. The van der Waals surface area contributed by atoms with Crippen molar-refractivity contribution in [1.29, 1.82) is 0 Å².